The number of ether oxygens (including phenoxy) is 1. The smallest absolute Gasteiger partial charge is 0.277 e. The summed E-state index contributed by atoms with van der Waals surface area (Å²) in [5, 5.41) is 11.9. The van der Waals surface area contributed by atoms with Crippen molar-refractivity contribution in [1.82, 2.24) is 19.6 Å². The molecular formula is C23H20ClN5O3. The maximum Gasteiger partial charge on any atom is 0.277 e. The summed E-state index contributed by atoms with van der Waals surface area (Å²) >= 11 is 5.93. The summed E-state index contributed by atoms with van der Waals surface area (Å²) in [5.74, 6) is 0.765. The summed E-state index contributed by atoms with van der Waals surface area (Å²) < 4.78 is 8.48. The number of amides is 1. The summed E-state index contributed by atoms with van der Waals surface area (Å²) in [6, 6.07) is 21.1. The summed E-state index contributed by atoms with van der Waals surface area (Å²) in [6.07, 6.45) is 1.60. The van der Waals surface area contributed by atoms with Crippen LogP contribution in [0.1, 0.15) is 16.1 Å². The average molecular weight is 450 g/mol. The lowest BCUT2D eigenvalue weighted by Crippen LogP contribution is -2.28. The van der Waals surface area contributed by atoms with Crippen LogP contribution >= 0.6 is 11.6 Å². The first-order valence-electron chi connectivity index (χ1n) is 9.92. The highest BCUT2D eigenvalue weighted by Gasteiger charge is 2.13. The van der Waals surface area contributed by atoms with Gasteiger partial charge in [0.1, 0.15) is 23.9 Å². The fourth-order valence-electron chi connectivity index (χ4n) is 3.00. The largest absolute Gasteiger partial charge is 0.492 e. The number of nitrogens with one attached hydrogen (secondary N) is 1. The van der Waals surface area contributed by atoms with E-state index < -0.39 is 5.91 Å². The molecule has 0 fully saturated rings. The van der Waals surface area contributed by atoms with Crippen molar-refractivity contribution < 1.29 is 9.53 Å². The van der Waals surface area contributed by atoms with Crippen LogP contribution in [0.4, 0.5) is 5.82 Å². The van der Waals surface area contributed by atoms with Crippen molar-refractivity contribution in [3.8, 4) is 5.75 Å². The van der Waals surface area contributed by atoms with Gasteiger partial charge >= 0.3 is 0 Å². The van der Waals surface area contributed by atoms with Crippen LogP contribution in [0.25, 0.3) is 0 Å². The molecule has 162 valence electrons. The Balaban J connectivity index is 1.41. The second kappa shape index (κ2) is 9.93. The number of carbonyl (C=O) groups is 1. The minimum absolute atomic E-state index is 0.114. The van der Waals surface area contributed by atoms with Crippen LogP contribution in [0.3, 0.4) is 0 Å². The van der Waals surface area contributed by atoms with Gasteiger partial charge < -0.3 is 10.1 Å². The summed E-state index contributed by atoms with van der Waals surface area (Å²) in [7, 11) is 0. The molecule has 0 saturated heterocycles. The Morgan fingerprint density at radius 1 is 0.969 bits per heavy atom. The van der Waals surface area contributed by atoms with Gasteiger partial charge in [0.05, 0.1) is 19.3 Å². The molecule has 0 atom stereocenters. The summed E-state index contributed by atoms with van der Waals surface area (Å²) in [4.78, 5) is 24.9. The van der Waals surface area contributed by atoms with Crippen LogP contribution in [0.5, 0.6) is 5.75 Å². The minimum atomic E-state index is -0.444. The molecule has 32 heavy (non-hydrogen) atoms. The molecule has 9 heteroatoms. The first kappa shape index (κ1) is 21.3. The maximum absolute atomic E-state index is 12.7. The van der Waals surface area contributed by atoms with Crippen molar-refractivity contribution in [3.05, 3.63) is 106 Å². The number of hydrogen-bond acceptors (Lipinski definition) is 5. The Labute approximate surface area is 189 Å². The molecule has 2 aromatic heterocycles. The maximum atomic E-state index is 12.7. The third-order valence-electron chi connectivity index (χ3n) is 4.62. The lowest BCUT2D eigenvalue weighted by Gasteiger charge is -2.11. The van der Waals surface area contributed by atoms with Gasteiger partial charge in [0.25, 0.3) is 11.5 Å². The van der Waals surface area contributed by atoms with Gasteiger partial charge in [0.15, 0.2) is 0 Å². The van der Waals surface area contributed by atoms with Crippen molar-refractivity contribution in [2.75, 3.05) is 11.9 Å². The molecule has 4 aromatic rings. The second-order valence-corrected chi connectivity index (χ2v) is 7.33. The number of rotatable bonds is 8. The van der Waals surface area contributed by atoms with E-state index in [9.17, 15) is 9.59 Å². The van der Waals surface area contributed by atoms with E-state index in [2.05, 4.69) is 15.5 Å². The predicted molar refractivity (Wildman–Crippen MR) is 121 cm³/mol. The highest BCUT2D eigenvalue weighted by Crippen LogP contribution is 2.14. The quantitative estimate of drug-likeness (QED) is 0.444. The number of anilines is 1. The molecule has 0 unspecified atom stereocenters. The van der Waals surface area contributed by atoms with E-state index in [1.165, 1.54) is 16.8 Å². The molecule has 0 aliphatic heterocycles. The fourth-order valence-corrected chi connectivity index (χ4v) is 3.13. The van der Waals surface area contributed by atoms with Crippen LogP contribution < -0.4 is 15.6 Å². The highest BCUT2D eigenvalue weighted by molar-refractivity contribution is 6.30. The Morgan fingerprint density at radius 2 is 1.75 bits per heavy atom. The topological polar surface area (TPSA) is 91.0 Å². The molecule has 2 aromatic carbocycles. The van der Waals surface area contributed by atoms with Gasteiger partial charge in [-0.2, -0.15) is 10.2 Å². The Bertz CT molecular complexity index is 1250. The standard InChI is InChI=1S/C23H20ClN5O3/c24-18-8-6-17(7-9-18)16-29-21(12-13-25-29)26-23(31)20-10-11-22(30)28(27-20)14-15-32-19-4-2-1-3-5-19/h1-13H,14-16H2,(H,26,31). The lowest BCUT2D eigenvalue weighted by atomic mass is 10.2. The van der Waals surface area contributed by atoms with Crippen molar-refractivity contribution in [2.24, 2.45) is 0 Å². The number of nitrogens with zero attached hydrogens (tertiary/aromatic N) is 4. The minimum Gasteiger partial charge on any atom is -0.492 e. The van der Waals surface area contributed by atoms with Gasteiger partial charge in [0, 0.05) is 17.2 Å². The number of aromatic nitrogens is 4. The van der Waals surface area contributed by atoms with Gasteiger partial charge in [0.2, 0.25) is 0 Å². The molecule has 8 nitrogen and oxygen atoms in total. The first-order valence-corrected chi connectivity index (χ1v) is 10.3. The van der Waals surface area contributed by atoms with Gasteiger partial charge in [-0.25, -0.2) is 9.36 Å². The fraction of sp³-hybridized carbons (Fsp3) is 0.130. The van der Waals surface area contributed by atoms with E-state index >= 15 is 0 Å². The number of para-hydroxylation sites is 1. The molecule has 0 aliphatic carbocycles. The third kappa shape index (κ3) is 5.41. The van der Waals surface area contributed by atoms with E-state index in [1.54, 1.807) is 29.1 Å². The van der Waals surface area contributed by atoms with Crippen LogP contribution in [0, 0.1) is 0 Å². The Morgan fingerprint density at radius 3 is 2.53 bits per heavy atom. The SMILES string of the molecule is O=C(Nc1ccnn1Cc1ccc(Cl)cc1)c1ccc(=O)n(CCOc2ccccc2)n1. The summed E-state index contributed by atoms with van der Waals surface area (Å²) in [5.41, 5.74) is 0.785. The highest BCUT2D eigenvalue weighted by atomic mass is 35.5. The van der Waals surface area contributed by atoms with Crippen LogP contribution in [-0.2, 0) is 13.1 Å². The molecule has 4 rings (SSSR count). The Kier molecular flexibility index (Phi) is 6.62. The van der Waals surface area contributed by atoms with Crippen LogP contribution in [-0.4, -0.2) is 32.1 Å². The average Bonchev–Trinajstić information content (AvgIpc) is 3.23. The molecule has 1 amide bonds. The zero-order valence-corrected chi connectivity index (χ0v) is 17.8. The summed E-state index contributed by atoms with van der Waals surface area (Å²) in [6.45, 7) is 0.919. The van der Waals surface area contributed by atoms with Gasteiger partial charge in [-0.05, 0) is 35.9 Å². The molecule has 0 saturated carbocycles. The Hall–Kier alpha value is -3.91. The molecule has 0 bridgehead atoms. The number of halogens is 1. The molecule has 0 aliphatic rings. The van der Waals surface area contributed by atoms with Gasteiger partial charge in [-0.3, -0.25) is 9.59 Å². The van der Waals surface area contributed by atoms with Crippen molar-refractivity contribution in [2.45, 2.75) is 13.1 Å². The molecule has 0 radical (unpaired) electrons. The second-order valence-electron chi connectivity index (χ2n) is 6.90. The van der Waals surface area contributed by atoms with Crippen LogP contribution in [0.2, 0.25) is 5.02 Å². The van der Waals surface area contributed by atoms with E-state index in [-0.39, 0.29) is 24.4 Å². The van der Waals surface area contributed by atoms with E-state index in [1.807, 2.05) is 42.5 Å². The number of carbonyl (C=O) groups excluding carboxylic acids is 1. The van der Waals surface area contributed by atoms with Crippen molar-refractivity contribution in [1.29, 1.82) is 0 Å². The number of benzene rings is 2. The third-order valence-corrected chi connectivity index (χ3v) is 4.87. The monoisotopic (exact) mass is 449 g/mol. The van der Waals surface area contributed by atoms with E-state index in [0.29, 0.717) is 23.1 Å². The molecule has 0 spiro atoms. The van der Waals surface area contributed by atoms with Crippen molar-refractivity contribution >= 4 is 23.3 Å². The van der Waals surface area contributed by atoms with E-state index in [0.717, 1.165) is 5.56 Å². The van der Waals surface area contributed by atoms with Crippen molar-refractivity contribution in [3.63, 3.8) is 0 Å². The molecule has 1 N–H and O–H groups in total. The lowest BCUT2D eigenvalue weighted by molar-refractivity contribution is 0.101. The van der Waals surface area contributed by atoms with Gasteiger partial charge in [-0.15, -0.1) is 0 Å². The van der Waals surface area contributed by atoms with Crippen LogP contribution in [0.15, 0.2) is 83.8 Å². The number of hydrogen-bond donors (Lipinski definition) is 1. The molecule has 2 heterocycles. The first-order chi connectivity index (χ1) is 15.6. The molecular weight excluding hydrogens is 430 g/mol. The zero-order chi connectivity index (χ0) is 22.3. The van der Waals surface area contributed by atoms with E-state index in [4.69, 9.17) is 16.3 Å². The van der Waals surface area contributed by atoms with Gasteiger partial charge in [-0.1, -0.05) is 41.9 Å². The predicted octanol–water partition coefficient (Wildman–Crippen LogP) is 3.47. The zero-order valence-electron chi connectivity index (χ0n) is 17.0. The normalized spacial score (nSPS) is 10.7.